The van der Waals surface area contributed by atoms with Gasteiger partial charge in [0.1, 0.15) is 11.9 Å². The topological polar surface area (TPSA) is 33.1 Å². The van der Waals surface area contributed by atoms with Crippen molar-refractivity contribution in [1.29, 1.82) is 0 Å². The van der Waals surface area contributed by atoms with Crippen LogP contribution in [0, 0.1) is 12.7 Å². The Balaban J connectivity index is 2.41. The smallest absolute Gasteiger partial charge is 0.126 e. The highest BCUT2D eigenvalue weighted by Crippen LogP contribution is 2.25. The standard InChI is InChI=1S/C15H16FNO/c1-3-11-9-17-7-6-13(11)15(18)12-5-4-10(2)14(16)8-12/h4-9,15,18H,3H2,1-2H3. The van der Waals surface area contributed by atoms with Crippen LogP contribution in [-0.4, -0.2) is 10.1 Å². The van der Waals surface area contributed by atoms with Crippen molar-refractivity contribution in [2.75, 3.05) is 0 Å². The summed E-state index contributed by atoms with van der Waals surface area (Å²) >= 11 is 0. The molecule has 1 N–H and O–H groups in total. The highest BCUT2D eigenvalue weighted by atomic mass is 19.1. The summed E-state index contributed by atoms with van der Waals surface area (Å²) in [7, 11) is 0. The maximum Gasteiger partial charge on any atom is 0.126 e. The molecule has 0 amide bonds. The van der Waals surface area contributed by atoms with Crippen LogP contribution in [0.15, 0.2) is 36.7 Å². The quantitative estimate of drug-likeness (QED) is 0.901. The van der Waals surface area contributed by atoms with E-state index in [9.17, 15) is 9.50 Å². The lowest BCUT2D eigenvalue weighted by Gasteiger charge is -2.15. The van der Waals surface area contributed by atoms with Gasteiger partial charge in [-0.15, -0.1) is 0 Å². The molecule has 18 heavy (non-hydrogen) atoms. The highest BCUT2D eigenvalue weighted by molar-refractivity contribution is 5.35. The molecular weight excluding hydrogens is 229 g/mol. The zero-order valence-corrected chi connectivity index (χ0v) is 10.5. The first kappa shape index (κ1) is 12.7. The summed E-state index contributed by atoms with van der Waals surface area (Å²) in [6.07, 6.45) is 3.36. The Hall–Kier alpha value is -1.74. The molecule has 0 aliphatic heterocycles. The van der Waals surface area contributed by atoms with Crippen molar-refractivity contribution in [3.63, 3.8) is 0 Å². The van der Waals surface area contributed by atoms with E-state index in [0.29, 0.717) is 11.1 Å². The van der Waals surface area contributed by atoms with Crippen LogP contribution in [0.25, 0.3) is 0 Å². The molecule has 2 rings (SSSR count). The minimum Gasteiger partial charge on any atom is -0.384 e. The summed E-state index contributed by atoms with van der Waals surface area (Å²) in [4.78, 5) is 4.04. The molecule has 0 fully saturated rings. The molecule has 1 unspecified atom stereocenters. The lowest BCUT2D eigenvalue weighted by molar-refractivity contribution is 0.218. The Kier molecular flexibility index (Phi) is 3.72. The predicted octanol–water partition coefficient (Wildman–Crippen LogP) is 3.17. The van der Waals surface area contributed by atoms with Gasteiger partial charge >= 0.3 is 0 Å². The molecule has 94 valence electrons. The molecular formula is C15H16FNO. The minimum atomic E-state index is -0.807. The number of aryl methyl sites for hydroxylation is 2. The zero-order chi connectivity index (χ0) is 13.1. The summed E-state index contributed by atoms with van der Waals surface area (Å²) < 4.78 is 13.5. The molecule has 1 aromatic heterocycles. The number of halogens is 1. The number of hydrogen-bond acceptors (Lipinski definition) is 2. The van der Waals surface area contributed by atoms with Gasteiger partial charge < -0.3 is 5.11 Å². The van der Waals surface area contributed by atoms with Crippen LogP contribution in [0.5, 0.6) is 0 Å². The van der Waals surface area contributed by atoms with Crippen molar-refractivity contribution in [2.24, 2.45) is 0 Å². The van der Waals surface area contributed by atoms with Crippen LogP contribution in [0.4, 0.5) is 4.39 Å². The van der Waals surface area contributed by atoms with Gasteiger partial charge in [-0.3, -0.25) is 4.98 Å². The van der Waals surface area contributed by atoms with Crippen LogP contribution in [0.1, 0.15) is 35.3 Å². The van der Waals surface area contributed by atoms with Gasteiger partial charge in [0.25, 0.3) is 0 Å². The molecule has 0 bridgehead atoms. The number of benzene rings is 1. The van der Waals surface area contributed by atoms with E-state index in [2.05, 4.69) is 4.98 Å². The number of pyridine rings is 1. The number of aromatic nitrogens is 1. The second-order valence-electron chi connectivity index (χ2n) is 4.34. The first-order valence-electron chi connectivity index (χ1n) is 6.00. The van der Waals surface area contributed by atoms with Gasteiger partial charge in [-0.25, -0.2) is 4.39 Å². The first-order chi connectivity index (χ1) is 8.63. The Labute approximate surface area is 106 Å². The maximum absolute atomic E-state index is 13.5. The van der Waals surface area contributed by atoms with E-state index in [1.54, 1.807) is 37.5 Å². The molecule has 0 spiro atoms. The fourth-order valence-electron chi connectivity index (χ4n) is 1.96. The number of aliphatic hydroxyl groups excluding tert-OH is 1. The minimum absolute atomic E-state index is 0.293. The van der Waals surface area contributed by atoms with Crippen molar-refractivity contribution in [2.45, 2.75) is 26.4 Å². The van der Waals surface area contributed by atoms with Gasteiger partial charge in [0, 0.05) is 12.4 Å². The predicted molar refractivity (Wildman–Crippen MR) is 68.8 cm³/mol. The van der Waals surface area contributed by atoms with E-state index in [4.69, 9.17) is 0 Å². The van der Waals surface area contributed by atoms with Crippen LogP contribution in [0.3, 0.4) is 0 Å². The second-order valence-corrected chi connectivity index (χ2v) is 4.34. The van der Waals surface area contributed by atoms with E-state index >= 15 is 0 Å². The van der Waals surface area contributed by atoms with Gasteiger partial charge in [-0.2, -0.15) is 0 Å². The number of nitrogens with zero attached hydrogens (tertiary/aromatic N) is 1. The third-order valence-corrected chi connectivity index (χ3v) is 3.13. The normalized spacial score (nSPS) is 12.4. The summed E-state index contributed by atoms with van der Waals surface area (Å²) in [6, 6.07) is 6.60. The van der Waals surface area contributed by atoms with Gasteiger partial charge in [0.05, 0.1) is 0 Å². The molecule has 2 nitrogen and oxygen atoms in total. The SMILES string of the molecule is CCc1cnccc1C(O)c1ccc(C)c(F)c1. The van der Waals surface area contributed by atoms with Crippen molar-refractivity contribution in [3.8, 4) is 0 Å². The van der Waals surface area contributed by atoms with Crippen LogP contribution in [0.2, 0.25) is 0 Å². The second kappa shape index (κ2) is 5.27. The Morgan fingerprint density at radius 3 is 2.78 bits per heavy atom. The molecule has 1 atom stereocenters. The zero-order valence-electron chi connectivity index (χ0n) is 10.5. The van der Waals surface area contributed by atoms with E-state index in [-0.39, 0.29) is 5.82 Å². The van der Waals surface area contributed by atoms with Crippen molar-refractivity contribution >= 4 is 0 Å². The monoisotopic (exact) mass is 245 g/mol. The third kappa shape index (κ3) is 2.41. The Morgan fingerprint density at radius 2 is 2.11 bits per heavy atom. The number of rotatable bonds is 3. The summed E-state index contributed by atoms with van der Waals surface area (Å²) in [5, 5.41) is 10.3. The summed E-state index contributed by atoms with van der Waals surface area (Å²) in [5.74, 6) is -0.293. The van der Waals surface area contributed by atoms with Gasteiger partial charge in [0.2, 0.25) is 0 Å². The van der Waals surface area contributed by atoms with Crippen LogP contribution >= 0.6 is 0 Å². The van der Waals surface area contributed by atoms with Gasteiger partial charge in [-0.05, 0) is 47.7 Å². The highest BCUT2D eigenvalue weighted by Gasteiger charge is 2.14. The molecule has 2 aromatic rings. The van der Waals surface area contributed by atoms with E-state index < -0.39 is 6.10 Å². The third-order valence-electron chi connectivity index (χ3n) is 3.13. The first-order valence-corrected chi connectivity index (χ1v) is 6.00. The molecule has 0 aliphatic carbocycles. The average Bonchev–Trinajstić information content (AvgIpc) is 2.41. The van der Waals surface area contributed by atoms with Crippen LogP contribution < -0.4 is 0 Å². The molecule has 1 heterocycles. The Bertz CT molecular complexity index is 554. The average molecular weight is 245 g/mol. The Morgan fingerprint density at radius 1 is 1.33 bits per heavy atom. The van der Waals surface area contributed by atoms with Crippen LogP contribution in [-0.2, 0) is 6.42 Å². The van der Waals surface area contributed by atoms with E-state index in [1.165, 1.54) is 6.07 Å². The fourth-order valence-corrected chi connectivity index (χ4v) is 1.96. The summed E-state index contributed by atoms with van der Waals surface area (Å²) in [6.45, 7) is 3.71. The maximum atomic E-state index is 13.5. The molecule has 0 saturated heterocycles. The van der Waals surface area contributed by atoms with E-state index in [0.717, 1.165) is 17.5 Å². The largest absolute Gasteiger partial charge is 0.384 e. The van der Waals surface area contributed by atoms with Gasteiger partial charge in [-0.1, -0.05) is 19.1 Å². The lowest BCUT2D eigenvalue weighted by atomic mass is 9.96. The fraction of sp³-hybridized carbons (Fsp3) is 0.267. The molecule has 1 aromatic carbocycles. The molecule has 0 radical (unpaired) electrons. The van der Waals surface area contributed by atoms with Crippen molar-refractivity contribution in [1.82, 2.24) is 4.98 Å². The van der Waals surface area contributed by atoms with Crippen molar-refractivity contribution < 1.29 is 9.50 Å². The molecule has 0 aliphatic rings. The number of aliphatic hydroxyl groups is 1. The van der Waals surface area contributed by atoms with E-state index in [1.807, 2.05) is 6.92 Å². The van der Waals surface area contributed by atoms with Gasteiger partial charge in [0.15, 0.2) is 0 Å². The molecule has 3 heteroatoms. The number of hydrogen-bond donors (Lipinski definition) is 1. The van der Waals surface area contributed by atoms with Crippen molar-refractivity contribution in [3.05, 3.63) is 64.7 Å². The lowest BCUT2D eigenvalue weighted by Crippen LogP contribution is -2.04. The molecule has 0 saturated carbocycles. The summed E-state index contributed by atoms with van der Waals surface area (Å²) in [5.41, 5.74) is 2.91.